The van der Waals surface area contributed by atoms with Crippen LogP contribution in [0.3, 0.4) is 0 Å². The van der Waals surface area contributed by atoms with Gasteiger partial charge in [0.1, 0.15) is 5.75 Å². The second-order valence-electron chi connectivity index (χ2n) is 6.35. The summed E-state index contributed by atoms with van der Waals surface area (Å²) in [5.41, 5.74) is 1.34. The van der Waals surface area contributed by atoms with Gasteiger partial charge in [-0.3, -0.25) is 4.90 Å². The van der Waals surface area contributed by atoms with E-state index in [1.807, 2.05) is 6.07 Å². The average molecular weight is 274 g/mol. The van der Waals surface area contributed by atoms with Crippen molar-refractivity contribution in [2.45, 2.75) is 44.3 Å². The molecule has 3 nitrogen and oxygen atoms in total. The minimum atomic E-state index is 0.743. The smallest absolute Gasteiger partial charge is 0.119 e. The summed E-state index contributed by atoms with van der Waals surface area (Å²) in [6.07, 6.45) is 5.50. The monoisotopic (exact) mass is 274 g/mol. The Bertz CT molecular complexity index is 444. The molecule has 1 N–H and O–H groups in total. The van der Waals surface area contributed by atoms with Crippen molar-refractivity contribution in [3.05, 3.63) is 29.8 Å². The van der Waals surface area contributed by atoms with Crippen molar-refractivity contribution in [1.82, 2.24) is 10.2 Å². The molecule has 2 atom stereocenters. The number of nitrogens with zero attached hydrogens (tertiary/aromatic N) is 1. The first-order chi connectivity index (χ1) is 9.76. The molecule has 0 heterocycles. The second-order valence-corrected chi connectivity index (χ2v) is 6.35. The fraction of sp³-hybridized carbons (Fsp3) is 0.647. The highest BCUT2D eigenvalue weighted by molar-refractivity contribution is 5.28. The standard InChI is InChI=1S/C17H26N2O/c1-19(12-13-4-3-5-16(10-13)20-2)17-9-6-14(17)11-18-15-7-8-15/h3-5,10,14-15,17-18H,6-9,11-12H2,1-2H3. The Balaban J connectivity index is 1.51. The van der Waals surface area contributed by atoms with Gasteiger partial charge in [0.2, 0.25) is 0 Å². The first kappa shape index (κ1) is 13.9. The number of nitrogens with one attached hydrogen (secondary N) is 1. The van der Waals surface area contributed by atoms with Crippen LogP contribution >= 0.6 is 0 Å². The minimum absolute atomic E-state index is 0.743. The lowest BCUT2D eigenvalue weighted by Crippen LogP contribution is -2.48. The predicted octanol–water partition coefficient (Wildman–Crippen LogP) is 2.66. The number of hydrogen-bond donors (Lipinski definition) is 1. The molecule has 2 aliphatic carbocycles. The van der Waals surface area contributed by atoms with Crippen molar-refractivity contribution in [3.63, 3.8) is 0 Å². The van der Waals surface area contributed by atoms with Crippen LogP contribution in [-0.4, -0.2) is 37.7 Å². The lowest BCUT2D eigenvalue weighted by molar-refractivity contribution is 0.0778. The van der Waals surface area contributed by atoms with E-state index in [2.05, 4.69) is 35.5 Å². The van der Waals surface area contributed by atoms with Crippen LogP contribution in [0.2, 0.25) is 0 Å². The second kappa shape index (κ2) is 6.15. The Kier molecular flexibility index (Phi) is 4.27. The molecule has 110 valence electrons. The molecule has 2 aliphatic rings. The van der Waals surface area contributed by atoms with Gasteiger partial charge in [0, 0.05) is 18.6 Å². The van der Waals surface area contributed by atoms with Gasteiger partial charge in [0.05, 0.1) is 7.11 Å². The van der Waals surface area contributed by atoms with Crippen molar-refractivity contribution < 1.29 is 4.74 Å². The van der Waals surface area contributed by atoms with E-state index < -0.39 is 0 Å². The van der Waals surface area contributed by atoms with E-state index in [-0.39, 0.29) is 0 Å². The van der Waals surface area contributed by atoms with Crippen molar-refractivity contribution in [2.75, 3.05) is 20.7 Å². The molecule has 3 rings (SSSR count). The third kappa shape index (κ3) is 3.33. The molecule has 2 fully saturated rings. The Hall–Kier alpha value is -1.06. The summed E-state index contributed by atoms with van der Waals surface area (Å²) in [5, 5.41) is 3.68. The molecule has 0 aromatic heterocycles. The minimum Gasteiger partial charge on any atom is -0.497 e. The summed E-state index contributed by atoms with van der Waals surface area (Å²) in [7, 11) is 3.99. The van der Waals surface area contributed by atoms with E-state index in [0.29, 0.717) is 0 Å². The molecule has 2 saturated carbocycles. The van der Waals surface area contributed by atoms with Crippen LogP contribution in [0.25, 0.3) is 0 Å². The van der Waals surface area contributed by atoms with Crippen LogP contribution < -0.4 is 10.1 Å². The van der Waals surface area contributed by atoms with Gasteiger partial charge >= 0.3 is 0 Å². The number of rotatable bonds is 7. The van der Waals surface area contributed by atoms with Crippen molar-refractivity contribution in [3.8, 4) is 5.75 Å². The summed E-state index contributed by atoms with van der Waals surface area (Å²) in [6, 6.07) is 10.00. The highest BCUT2D eigenvalue weighted by Gasteiger charge is 2.34. The van der Waals surface area contributed by atoms with Gasteiger partial charge in [0.25, 0.3) is 0 Å². The number of methoxy groups -OCH3 is 1. The Morgan fingerprint density at radius 3 is 2.75 bits per heavy atom. The van der Waals surface area contributed by atoms with Gasteiger partial charge in [-0.25, -0.2) is 0 Å². The van der Waals surface area contributed by atoms with Crippen LogP contribution in [0, 0.1) is 5.92 Å². The summed E-state index contributed by atoms with van der Waals surface area (Å²) in [4.78, 5) is 2.51. The highest BCUT2D eigenvalue weighted by Crippen LogP contribution is 2.33. The van der Waals surface area contributed by atoms with Crippen LogP contribution in [0.5, 0.6) is 5.75 Å². The lowest BCUT2D eigenvalue weighted by Gasteiger charge is -2.43. The van der Waals surface area contributed by atoms with E-state index in [0.717, 1.165) is 30.3 Å². The third-order valence-electron chi connectivity index (χ3n) is 4.76. The van der Waals surface area contributed by atoms with Gasteiger partial charge < -0.3 is 10.1 Å². The summed E-state index contributed by atoms with van der Waals surface area (Å²) in [5.74, 6) is 1.79. The molecule has 0 saturated heterocycles. The third-order valence-corrected chi connectivity index (χ3v) is 4.76. The van der Waals surface area contributed by atoms with Crippen molar-refractivity contribution in [1.29, 1.82) is 0 Å². The fourth-order valence-corrected chi connectivity index (χ4v) is 3.15. The lowest BCUT2D eigenvalue weighted by atomic mass is 9.78. The fourth-order valence-electron chi connectivity index (χ4n) is 3.15. The molecule has 1 aromatic carbocycles. The molecule has 0 amide bonds. The number of benzene rings is 1. The number of hydrogen-bond acceptors (Lipinski definition) is 3. The Morgan fingerprint density at radius 1 is 1.25 bits per heavy atom. The zero-order valence-corrected chi connectivity index (χ0v) is 12.6. The van der Waals surface area contributed by atoms with Crippen LogP contribution in [0.4, 0.5) is 0 Å². The van der Waals surface area contributed by atoms with E-state index in [4.69, 9.17) is 4.74 Å². The maximum absolute atomic E-state index is 5.30. The van der Waals surface area contributed by atoms with E-state index in [1.54, 1.807) is 7.11 Å². The normalized spacial score (nSPS) is 25.6. The topological polar surface area (TPSA) is 24.5 Å². The largest absolute Gasteiger partial charge is 0.497 e. The van der Waals surface area contributed by atoms with Crippen LogP contribution in [-0.2, 0) is 6.54 Å². The summed E-state index contributed by atoms with van der Waals surface area (Å²) >= 11 is 0. The molecule has 0 bridgehead atoms. The van der Waals surface area contributed by atoms with Crippen LogP contribution in [0.15, 0.2) is 24.3 Å². The van der Waals surface area contributed by atoms with E-state index >= 15 is 0 Å². The molecular weight excluding hydrogens is 248 g/mol. The van der Waals surface area contributed by atoms with Gasteiger partial charge in [-0.2, -0.15) is 0 Å². The zero-order valence-electron chi connectivity index (χ0n) is 12.6. The van der Waals surface area contributed by atoms with Gasteiger partial charge in [-0.05, 0) is 62.9 Å². The van der Waals surface area contributed by atoms with Gasteiger partial charge in [-0.1, -0.05) is 12.1 Å². The molecule has 20 heavy (non-hydrogen) atoms. The summed E-state index contributed by atoms with van der Waals surface area (Å²) in [6.45, 7) is 2.22. The van der Waals surface area contributed by atoms with E-state index in [1.165, 1.54) is 37.8 Å². The SMILES string of the molecule is COc1cccc(CN(C)C2CCC2CNC2CC2)c1. The average Bonchev–Trinajstić information content (AvgIpc) is 3.22. The quantitative estimate of drug-likeness (QED) is 0.827. The molecular formula is C17H26N2O. The Morgan fingerprint density at radius 2 is 2.10 bits per heavy atom. The highest BCUT2D eigenvalue weighted by atomic mass is 16.5. The van der Waals surface area contributed by atoms with Crippen LogP contribution in [0.1, 0.15) is 31.2 Å². The zero-order chi connectivity index (χ0) is 13.9. The number of ether oxygens (including phenoxy) is 1. The van der Waals surface area contributed by atoms with Gasteiger partial charge in [0.15, 0.2) is 0 Å². The maximum Gasteiger partial charge on any atom is 0.119 e. The molecule has 0 spiro atoms. The van der Waals surface area contributed by atoms with E-state index in [9.17, 15) is 0 Å². The first-order valence-corrected chi connectivity index (χ1v) is 7.83. The maximum atomic E-state index is 5.30. The van der Waals surface area contributed by atoms with Gasteiger partial charge in [-0.15, -0.1) is 0 Å². The summed E-state index contributed by atoms with van der Waals surface area (Å²) < 4.78 is 5.30. The first-order valence-electron chi connectivity index (χ1n) is 7.83. The molecule has 0 radical (unpaired) electrons. The predicted molar refractivity (Wildman–Crippen MR) is 82.0 cm³/mol. The Labute approximate surface area is 122 Å². The van der Waals surface area contributed by atoms with Crippen molar-refractivity contribution >= 4 is 0 Å². The molecule has 3 heteroatoms. The molecule has 0 aliphatic heterocycles. The van der Waals surface area contributed by atoms with Crippen molar-refractivity contribution in [2.24, 2.45) is 5.92 Å². The molecule has 1 aromatic rings. The molecule has 2 unspecified atom stereocenters.